The van der Waals surface area contributed by atoms with Crippen molar-refractivity contribution in [2.24, 2.45) is 5.92 Å². The van der Waals surface area contributed by atoms with Crippen molar-refractivity contribution in [3.05, 3.63) is 59.7 Å². The molecule has 2 rings (SSSR count). The standard InChI is InChI=1S/C21H26N2O2S/c1-14(2)13-19(23-20(24)18-8-6-5-7-15(18)3)21(25)22-16-9-11-17(26-4)12-10-16/h5-12,14,19H,13H2,1-4H3,(H,22,25)(H,23,24). The summed E-state index contributed by atoms with van der Waals surface area (Å²) in [6.45, 7) is 5.96. The van der Waals surface area contributed by atoms with E-state index in [1.165, 1.54) is 0 Å². The molecule has 0 bridgehead atoms. The van der Waals surface area contributed by atoms with Gasteiger partial charge in [0.15, 0.2) is 0 Å². The molecule has 0 spiro atoms. The SMILES string of the molecule is CSc1ccc(NC(=O)C(CC(C)C)NC(=O)c2ccccc2C)cc1. The molecule has 138 valence electrons. The number of hydrogen-bond acceptors (Lipinski definition) is 3. The zero-order valence-corrected chi connectivity index (χ0v) is 16.5. The van der Waals surface area contributed by atoms with E-state index in [1.54, 1.807) is 17.8 Å². The molecule has 0 saturated carbocycles. The second kappa shape index (κ2) is 9.43. The molecule has 2 N–H and O–H groups in total. The van der Waals surface area contributed by atoms with Crippen LogP contribution < -0.4 is 10.6 Å². The van der Waals surface area contributed by atoms with Crippen molar-refractivity contribution in [1.29, 1.82) is 0 Å². The monoisotopic (exact) mass is 370 g/mol. The lowest BCUT2D eigenvalue weighted by molar-refractivity contribution is -0.118. The van der Waals surface area contributed by atoms with Crippen molar-refractivity contribution < 1.29 is 9.59 Å². The molecule has 2 amide bonds. The number of rotatable bonds is 7. The van der Waals surface area contributed by atoms with Gasteiger partial charge in [-0.05, 0) is 61.4 Å². The molecular weight excluding hydrogens is 344 g/mol. The van der Waals surface area contributed by atoms with Crippen LogP contribution in [0.4, 0.5) is 5.69 Å². The number of carbonyl (C=O) groups is 2. The van der Waals surface area contributed by atoms with Crippen LogP contribution in [0, 0.1) is 12.8 Å². The molecule has 0 aliphatic rings. The molecule has 0 aliphatic carbocycles. The van der Waals surface area contributed by atoms with E-state index >= 15 is 0 Å². The Hall–Kier alpha value is -2.27. The molecule has 0 saturated heterocycles. The van der Waals surface area contributed by atoms with Crippen molar-refractivity contribution in [3.63, 3.8) is 0 Å². The molecule has 0 aliphatic heterocycles. The molecule has 2 aromatic carbocycles. The number of anilines is 1. The molecule has 26 heavy (non-hydrogen) atoms. The number of benzene rings is 2. The fraction of sp³-hybridized carbons (Fsp3) is 0.333. The van der Waals surface area contributed by atoms with Gasteiger partial charge in [-0.3, -0.25) is 9.59 Å². The van der Waals surface area contributed by atoms with Gasteiger partial charge < -0.3 is 10.6 Å². The number of aryl methyl sites for hydroxylation is 1. The van der Waals surface area contributed by atoms with Crippen LogP contribution in [-0.2, 0) is 4.79 Å². The Morgan fingerprint density at radius 2 is 1.69 bits per heavy atom. The van der Waals surface area contributed by atoms with Crippen molar-refractivity contribution in [2.75, 3.05) is 11.6 Å². The topological polar surface area (TPSA) is 58.2 Å². The fourth-order valence-electron chi connectivity index (χ4n) is 2.67. The summed E-state index contributed by atoms with van der Waals surface area (Å²) in [5.41, 5.74) is 2.21. The van der Waals surface area contributed by atoms with Crippen molar-refractivity contribution in [1.82, 2.24) is 5.32 Å². The molecule has 0 radical (unpaired) electrons. The van der Waals surface area contributed by atoms with Crippen LogP contribution in [0.1, 0.15) is 36.2 Å². The zero-order valence-electron chi connectivity index (χ0n) is 15.7. The summed E-state index contributed by atoms with van der Waals surface area (Å²) in [7, 11) is 0. The molecule has 4 nitrogen and oxygen atoms in total. The Morgan fingerprint density at radius 3 is 2.27 bits per heavy atom. The maximum atomic E-state index is 12.7. The van der Waals surface area contributed by atoms with Crippen LogP contribution in [0.15, 0.2) is 53.4 Å². The number of hydrogen-bond donors (Lipinski definition) is 2. The van der Waals surface area contributed by atoms with Crippen LogP contribution in [0.5, 0.6) is 0 Å². The van der Waals surface area contributed by atoms with Gasteiger partial charge in [0, 0.05) is 16.1 Å². The average molecular weight is 371 g/mol. The number of amides is 2. The molecular formula is C21H26N2O2S. The Balaban J connectivity index is 2.11. The first-order valence-electron chi connectivity index (χ1n) is 8.72. The molecule has 2 aromatic rings. The maximum absolute atomic E-state index is 12.7. The highest BCUT2D eigenvalue weighted by Crippen LogP contribution is 2.18. The number of carbonyl (C=O) groups excluding carboxylic acids is 2. The van der Waals surface area contributed by atoms with Gasteiger partial charge in [-0.1, -0.05) is 32.0 Å². The van der Waals surface area contributed by atoms with E-state index in [-0.39, 0.29) is 17.7 Å². The average Bonchev–Trinajstić information content (AvgIpc) is 2.61. The molecule has 0 heterocycles. The van der Waals surface area contributed by atoms with Crippen LogP contribution in [-0.4, -0.2) is 24.1 Å². The maximum Gasteiger partial charge on any atom is 0.252 e. The normalized spacial score (nSPS) is 11.9. The summed E-state index contributed by atoms with van der Waals surface area (Å²) >= 11 is 1.65. The second-order valence-corrected chi connectivity index (χ2v) is 7.57. The van der Waals surface area contributed by atoms with Gasteiger partial charge in [-0.2, -0.15) is 0 Å². The molecule has 1 atom stereocenters. The lowest BCUT2D eigenvalue weighted by atomic mass is 10.0. The quantitative estimate of drug-likeness (QED) is 0.706. The van der Waals surface area contributed by atoms with Crippen LogP contribution in [0.25, 0.3) is 0 Å². The van der Waals surface area contributed by atoms with Gasteiger partial charge in [-0.15, -0.1) is 11.8 Å². The predicted octanol–water partition coefficient (Wildman–Crippen LogP) is 4.50. The zero-order chi connectivity index (χ0) is 19.1. The molecule has 0 aromatic heterocycles. The van der Waals surface area contributed by atoms with Crippen molar-refractivity contribution in [3.8, 4) is 0 Å². The summed E-state index contributed by atoms with van der Waals surface area (Å²) in [5.74, 6) is -0.138. The van der Waals surface area contributed by atoms with Crippen LogP contribution in [0.3, 0.4) is 0 Å². The third-order valence-corrected chi connectivity index (χ3v) is 4.82. The highest BCUT2D eigenvalue weighted by Gasteiger charge is 2.23. The Morgan fingerprint density at radius 1 is 1.04 bits per heavy atom. The van der Waals surface area contributed by atoms with Gasteiger partial charge in [0.2, 0.25) is 5.91 Å². The number of nitrogens with one attached hydrogen (secondary N) is 2. The summed E-state index contributed by atoms with van der Waals surface area (Å²) in [4.78, 5) is 26.5. The van der Waals surface area contributed by atoms with E-state index in [0.717, 1.165) is 16.1 Å². The first-order valence-corrected chi connectivity index (χ1v) is 9.94. The largest absolute Gasteiger partial charge is 0.340 e. The molecule has 0 fully saturated rings. The van der Waals surface area contributed by atoms with Crippen LogP contribution >= 0.6 is 11.8 Å². The van der Waals surface area contributed by atoms with E-state index in [1.807, 2.05) is 69.5 Å². The summed E-state index contributed by atoms with van der Waals surface area (Å²) in [6.07, 6.45) is 2.58. The highest BCUT2D eigenvalue weighted by molar-refractivity contribution is 7.98. The molecule has 5 heteroatoms. The predicted molar refractivity (Wildman–Crippen MR) is 109 cm³/mol. The smallest absolute Gasteiger partial charge is 0.252 e. The third-order valence-electron chi connectivity index (χ3n) is 4.08. The fourth-order valence-corrected chi connectivity index (χ4v) is 3.08. The van der Waals surface area contributed by atoms with Gasteiger partial charge >= 0.3 is 0 Å². The highest BCUT2D eigenvalue weighted by atomic mass is 32.2. The summed E-state index contributed by atoms with van der Waals surface area (Å²) in [5, 5.41) is 5.80. The minimum atomic E-state index is -0.581. The number of thioether (sulfide) groups is 1. The molecule has 1 unspecified atom stereocenters. The van der Waals surface area contributed by atoms with E-state index in [9.17, 15) is 9.59 Å². The first-order chi connectivity index (χ1) is 12.4. The van der Waals surface area contributed by atoms with Gasteiger partial charge in [0.1, 0.15) is 6.04 Å². The van der Waals surface area contributed by atoms with Gasteiger partial charge in [0.05, 0.1) is 0 Å². The minimum absolute atomic E-state index is 0.197. The van der Waals surface area contributed by atoms with E-state index in [0.29, 0.717) is 12.0 Å². The van der Waals surface area contributed by atoms with E-state index in [4.69, 9.17) is 0 Å². The first kappa shape index (κ1) is 20.0. The minimum Gasteiger partial charge on any atom is -0.340 e. The van der Waals surface area contributed by atoms with Gasteiger partial charge in [-0.25, -0.2) is 0 Å². The third kappa shape index (κ3) is 5.63. The lowest BCUT2D eigenvalue weighted by Gasteiger charge is -2.21. The lowest BCUT2D eigenvalue weighted by Crippen LogP contribution is -2.44. The van der Waals surface area contributed by atoms with Gasteiger partial charge in [0.25, 0.3) is 5.91 Å². The van der Waals surface area contributed by atoms with Crippen molar-refractivity contribution in [2.45, 2.75) is 38.1 Å². The van der Waals surface area contributed by atoms with Crippen LogP contribution in [0.2, 0.25) is 0 Å². The van der Waals surface area contributed by atoms with Crippen molar-refractivity contribution >= 4 is 29.3 Å². The Labute approximate surface area is 159 Å². The summed E-state index contributed by atoms with van der Waals surface area (Å²) in [6, 6.07) is 14.5. The second-order valence-electron chi connectivity index (χ2n) is 6.69. The van der Waals surface area contributed by atoms with E-state index in [2.05, 4.69) is 10.6 Å². The van der Waals surface area contributed by atoms with E-state index < -0.39 is 6.04 Å². The Bertz CT molecular complexity index is 757. The summed E-state index contributed by atoms with van der Waals surface area (Å²) < 4.78 is 0. The Kier molecular flexibility index (Phi) is 7.27.